The highest BCUT2D eigenvalue weighted by Crippen LogP contribution is 2.28. The molecule has 5 nitrogen and oxygen atoms in total. The van der Waals surface area contributed by atoms with Crippen LogP contribution in [-0.4, -0.2) is 41.6 Å². The van der Waals surface area contributed by atoms with Gasteiger partial charge in [-0.1, -0.05) is 0 Å². The first kappa shape index (κ1) is 21.2. The molecule has 1 aromatic carbocycles. The Hall–Kier alpha value is -2.12. The van der Waals surface area contributed by atoms with Gasteiger partial charge in [0, 0.05) is 6.54 Å². The van der Waals surface area contributed by atoms with Gasteiger partial charge in [0.25, 0.3) is 0 Å². The fourth-order valence-corrected chi connectivity index (χ4v) is 3.01. The Morgan fingerprint density at radius 3 is 2.26 bits per heavy atom. The summed E-state index contributed by atoms with van der Waals surface area (Å²) >= 11 is 0. The van der Waals surface area contributed by atoms with Crippen LogP contribution in [0.25, 0.3) is 0 Å². The van der Waals surface area contributed by atoms with E-state index in [4.69, 9.17) is 9.47 Å². The van der Waals surface area contributed by atoms with E-state index in [9.17, 15) is 18.0 Å². The molecule has 1 aromatic rings. The highest BCUT2D eigenvalue weighted by molar-refractivity contribution is 5.68. The highest BCUT2D eigenvalue weighted by Gasteiger charge is 2.35. The summed E-state index contributed by atoms with van der Waals surface area (Å²) in [6.07, 6.45) is -2.81. The maximum atomic E-state index is 12.5. The van der Waals surface area contributed by atoms with Crippen LogP contribution in [0.1, 0.15) is 47.0 Å². The topological polar surface area (TPSA) is 48.0 Å². The van der Waals surface area contributed by atoms with Crippen molar-refractivity contribution in [1.82, 2.24) is 4.90 Å². The van der Waals surface area contributed by atoms with Gasteiger partial charge in [0.1, 0.15) is 23.2 Å². The number of rotatable bonds is 4. The van der Waals surface area contributed by atoms with E-state index in [2.05, 4.69) is 4.74 Å². The Morgan fingerprint density at radius 1 is 1.11 bits per heavy atom. The lowest BCUT2D eigenvalue weighted by molar-refractivity contribution is -0.274. The number of nitrogens with zero attached hydrogens (tertiary/aromatic N) is 1. The van der Waals surface area contributed by atoms with Gasteiger partial charge in [-0.05, 0) is 71.2 Å². The molecule has 152 valence electrons. The van der Waals surface area contributed by atoms with Crippen LogP contribution in [0.3, 0.4) is 0 Å². The third kappa shape index (κ3) is 6.84. The molecule has 1 fully saturated rings. The first-order valence-electron chi connectivity index (χ1n) is 8.97. The molecule has 2 atom stereocenters. The van der Waals surface area contributed by atoms with Crippen molar-refractivity contribution in [2.24, 2.45) is 0 Å². The minimum absolute atomic E-state index is 0.167. The lowest BCUT2D eigenvalue weighted by atomic mass is 9.98. The molecule has 0 aliphatic carbocycles. The summed E-state index contributed by atoms with van der Waals surface area (Å²) in [5.41, 5.74) is -0.586. The van der Waals surface area contributed by atoms with Crippen LogP contribution in [-0.2, 0) is 4.74 Å². The minimum atomic E-state index is -4.73. The number of carbonyl (C=O) groups excluding carboxylic acids is 1. The van der Waals surface area contributed by atoms with Gasteiger partial charge in [-0.25, -0.2) is 4.79 Å². The van der Waals surface area contributed by atoms with Crippen LogP contribution in [0.5, 0.6) is 11.5 Å². The largest absolute Gasteiger partial charge is 0.573 e. The normalized spacial score (nSPS) is 19.4. The molecular formula is C19H26F3NO4. The predicted octanol–water partition coefficient (Wildman–Crippen LogP) is 5.14. The molecule has 1 aliphatic rings. The zero-order valence-corrected chi connectivity index (χ0v) is 16.0. The van der Waals surface area contributed by atoms with Crippen molar-refractivity contribution in [3.05, 3.63) is 24.3 Å². The van der Waals surface area contributed by atoms with Crippen molar-refractivity contribution in [3.8, 4) is 11.5 Å². The molecule has 1 heterocycles. The van der Waals surface area contributed by atoms with Crippen LogP contribution in [0.2, 0.25) is 0 Å². The van der Waals surface area contributed by atoms with Crippen molar-refractivity contribution < 1.29 is 32.2 Å². The smallest absolute Gasteiger partial charge is 0.489 e. The molecule has 27 heavy (non-hydrogen) atoms. The van der Waals surface area contributed by atoms with Crippen LogP contribution in [0.15, 0.2) is 24.3 Å². The van der Waals surface area contributed by atoms with E-state index in [0.717, 1.165) is 19.3 Å². The molecule has 1 saturated heterocycles. The maximum absolute atomic E-state index is 12.5. The van der Waals surface area contributed by atoms with Crippen molar-refractivity contribution in [3.63, 3.8) is 0 Å². The quantitative estimate of drug-likeness (QED) is 0.715. The minimum Gasteiger partial charge on any atom is -0.489 e. The fourth-order valence-electron chi connectivity index (χ4n) is 3.01. The van der Waals surface area contributed by atoms with E-state index < -0.39 is 12.0 Å². The number of likely N-dealkylation sites (tertiary alicyclic amines) is 1. The summed E-state index contributed by atoms with van der Waals surface area (Å²) < 4.78 is 51.9. The number of piperidine rings is 1. The van der Waals surface area contributed by atoms with Gasteiger partial charge in [0.2, 0.25) is 0 Å². The molecule has 1 aliphatic heterocycles. The molecular weight excluding hydrogens is 363 g/mol. The first-order valence-corrected chi connectivity index (χ1v) is 8.97. The summed E-state index contributed by atoms with van der Waals surface area (Å²) in [6, 6.07) is 5.06. The van der Waals surface area contributed by atoms with Crippen LogP contribution in [0.4, 0.5) is 18.0 Å². The third-order valence-corrected chi connectivity index (χ3v) is 4.10. The van der Waals surface area contributed by atoms with Gasteiger partial charge in [0.05, 0.1) is 6.04 Å². The Morgan fingerprint density at radius 2 is 1.70 bits per heavy atom. The lowest BCUT2D eigenvalue weighted by Gasteiger charge is -2.39. The number of hydrogen-bond acceptors (Lipinski definition) is 4. The van der Waals surface area contributed by atoms with Gasteiger partial charge < -0.3 is 19.1 Å². The van der Waals surface area contributed by atoms with E-state index in [1.54, 1.807) is 4.90 Å². The van der Waals surface area contributed by atoms with Crippen molar-refractivity contribution in [1.29, 1.82) is 0 Å². The first-order chi connectivity index (χ1) is 12.4. The van der Waals surface area contributed by atoms with Crippen molar-refractivity contribution in [2.75, 3.05) is 6.54 Å². The van der Waals surface area contributed by atoms with Gasteiger partial charge in [-0.15, -0.1) is 13.2 Å². The summed E-state index contributed by atoms with van der Waals surface area (Å²) in [6.45, 7) is 7.87. The van der Waals surface area contributed by atoms with Gasteiger partial charge in [0.15, 0.2) is 0 Å². The number of alkyl halides is 3. The number of hydrogen-bond donors (Lipinski definition) is 0. The van der Waals surface area contributed by atoms with Crippen LogP contribution >= 0.6 is 0 Å². The van der Waals surface area contributed by atoms with Crippen LogP contribution < -0.4 is 9.47 Å². The van der Waals surface area contributed by atoms with E-state index in [0.29, 0.717) is 12.3 Å². The molecule has 1 unspecified atom stereocenters. The number of carbonyl (C=O) groups is 1. The number of halogens is 3. The predicted molar refractivity (Wildman–Crippen MR) is 93.8 cm³/mol. The molecule has 8 heteroatoms. The van der Waals surface area contributed by atoms with Crippen molar-refractivity contribution >= 4 is 6.09 Å². The summed E-state index contributed by atoms with van der Waals surface area (Å²) in [5, 5.41) is 0. The molecule has 0 bridgehead atoms. The van der Waals surface area contributed by atoms with Crippen LogP contribution in [0, 0.1) is 0 Å². The SMILES string of the molecule is CC(Oc1ccc(OC(F)(F)F)cc1)[C@@H]1CCCCN1C(=O)OC(C)(C)C. The zero-order chi connectivity index (χ0) is 20.2. The lowest BCUT2D eigenvalue weighted by Crippen LogP contribution is -2.51. The van der Waals surface area contributed by atoms with E-state index in [1.807, 2.05) is 27.7 Å². The second-order valence-electron chi connectivity index (χ2n) is 7.58. The molecule has 2 rings (SSSR count). The van der Waals surface area contributed by atoms with Crippen molar-refractivity contribution in [2.45, 2.75) is 71.1 Å². The summed E-state index contributed by atoms with van der Waals surface area (Å²) in [5.74, 6) is 0.0993. The molecule has 0 spiro atoms. The molecule has 1 amide bonds. The average Bonchev–Trinajstić information content (AvgIpc) is 2.53. The molecule has 0 saturated carbocycles. The second kappa shape index (κ2) is 8.27. The number of amides is 1. The monoisotopic (exact) mass is 389 g/mol. The summed E-state index contributed by atoms with van der Waals surface area (Å²) in [7, 11) is 0. The second-order valence-corrected chi connectivity index (χ2v) is 7.58. The Labute approximate surface area is 157 Å². The maximum Gasteiger partial charge on any atom is 0.573 e. The van der Waals surface area contributed by atoms with Gasteiger partial charge >= 0.3 is 12.5 Å². The third-order valence-electron chi connectivity index (χ3n) is 4.10. The highest BCUT2D eigenvalue weighted by atomic mass is 19.4. The average molecular weight is 389 g/mol. The van der Waals surface area contributed by atoms with Gasteiger partial charge in [-0.3, -0.25) is 0 Å². The van der Waals surface area contributed by atoms with E-state index in [-0.39, 0.29) is 24.0 Å². The number of ether oxygens (including phenoxy) is 3. The number of benzene rings is 1. The van der Waals surface area contributed by atoms with E-state index in [1.165, 1.54) is 24.3 Å². The Kier molecular flexibility index (Phi) is 6.49. The molecule has 0 aromatic heterocycles. The standard InChI is InChI=1S/C19H26F3NO4/c1-13(25-14-8-10-15(11-9-14)26-19(20,21)22)16-7-5-6-12-23(16)17(24)27-18(2,3)4/h8-11,13,16H,5-7,12H2,1-4H3/t13?,16-/m0/s1. The summed E-state index contributed by atoms with van der Waals surface area (Å²) in [4.78, 5) is 14.2. The zero-order valence-electron chi connectivity index (χ0n) is 16.0. The fraction of sp³-hybridized carbons (Fsp3) is 0.632. The molecule has 0 N–H and O–H groups in total. The van der Waals surface area contributed by atoms with Gasteiger partial charge in [-0.2, -0.15) is 0 Å². The Bertz CT molecular complexity index is 625. The molecule has 0 radical (unpaired) electrons. The Balaban J connectivity index is 2.02. The van der Waals surface area contributed by atoms with E-state index >= 15 is 0 Å².